The van der Waals surface area contributed by atoms with Gasteiger partial charge in [-0.05, 0) is 55.3 Å². The molecule has 0 aliphatic heterocycles. The first kappa shape index (κ1) is 30.7. The largest absolute Gasteiger partial charge is 0.303 e. The molecule has 0 aromatic rings. The molecule has 0 aliphatic rings. The summed E-state index contributed by atoms with van der Waals surface area (Å²) in [5.41, 5.74) is -0.150. The predicted octanol–water partition coefficient (Wildman–Crippen LogP) is 7.16. The van der Waals surface area contributed by atoms with E-state index in [1.165, 1.54) is 0 Å². The van der Waals surface area contributed by atoms with Gasteiger partial charge in [-0.3, -0.25) is 14.4 Å². The average molecular weight is 451 g/mol. The molecule has 0 aliphatic carbocycles. The maximum absolute atomic E-state index is 12.5. The molecular formula is C28H50O4. The topological polar surface area (TPSA) is 68.3 Å². The molecule has 0 radical (unpaired) electrons. The van der Waals surface area contributed by atoms with Crippen LogP contribution in [0.2, 0.25) is 0 Å². The Morgan fingerprint density at radius 3 is 2.06 bits per heavy atom. The zero-order valence-electron chi connectivity index (χ0n) is 22.0. The Kier molecular flexibility index (Phi) is 15.6. The highest BCUT2D eigenvalue weighted by atomic mass is 16.1. The minimum atomic E-state index is -0.150. The molecule has 4 heteroatoms. The summed E-state index contributed by atoms with van der Waals surface area (Å²) in [6.07, 6.45) is 8.97. The Bertz CT molecular complexity index is 576. The lowest BCUT2D eigenvalue weighted by molar-refractivity contribution is -0.124. The van der Waals surface area contributed by atoms with E-state index in [0.717, 1.165) is 44.8 Å². The van der Waals surface area contributed by atoms with E-state index in [9.17, 15) is 19.2 Å². The second kappa shape index (κ2) is 16.3. The molecule has 0 fully saturated rings. The molecule has 0 bridgehead atoms. The molecule has 32 heavy (non-hydrogen) atoms. The Labute approximate surface area is 197 Å². The van der Waals surface area contributed by atoms with Crippen molar-refractivity contribution in [3.8, 4) is 0 Å². The molecule has 0 aromatic heterocycles. The molecular weight excluding hydrogens is 400 g/mol. The fraction of sp³-hybridized carbons (Fsp3) is 0.857. The molecule has 0 spiro atoms. The summed E-state index contributed by atoms with van der Waals surface area (Å²) in [7, 11) is 0. The van der Waals surface area contributed by atoms with Crippen molar-refractivity contribution in [1.82, 2.24) is 0 Å². The Morgan fingerprint density at radius 2 is 1.53 bits per heavy atom. The standard InChI is InChI=1S/C28H50O4/c1-8-23(16-18-29)13-14-27(32)24(9-2)11-10-12-25(30)15-17-28(6,7)20-26(31)19-22(5)21(3)4/h18,21-24H,8-17,19-20H2,1-7H3. The fourth-order valence-corrected chi connectivity index (χ4v) is 4.21. The smallest absolute Gasteiger partial charge is 0.135 e. The second-order valence-corrected chi connectivity index (χ2v) is 11.0. The van der Waals surface area contributed by atoms with Crippen LogP contribution >= 0.6 is 0 Å². The van der Waals surface area contributed by atoms with E-state index in [4.69, 9.17) is 0 Å². The Balaban J connectivity index is 4.31. The summed E-state index contributed by atoms with van der Waals surface area (Å²) in [4.78, 5) is 48.0. The van der Waals surface area contributed by atoms with Gasteiger partial charge in [0.1, 0.15) is 23.6 Å². The van der Waals surface area contributed by atoms with E-state index in [1.807, 2.05) is 6.92 Å². The van der Waals surface area contributed by atoms with Crippen LogP contribution < -0.4 is 0 Å². The van der Waals surface area contributed by atoms with Crippen LogP contribution in [-0.2, 0) is 19.2 Å². The van der Waals surface area contributed by atoms with E-state index in [1.54, 1.807) is 0 Å². The minimum Gasteiger partial charge on any atom is -0.303 e. The molecule has 3 unspecified atom stereocenters. The van der Waals surface area contributed by atoms with Gasteiger partial charge in [0.2, 0.25) is 0 Å². The van der Waals surface area contributed by atoms with Crippen LogP contribution in [0.25, 0.3) is 0 Å². The quantitative estimate of drug-likeness (QED) is 0.184. The number of hydrogen-bond donors (Lipinski definition) is 0. The van der Waals surface area contributed by atoms with Crippen molar-refractivity contribution in [2.45, 2.75) is 126 Å². The molecule has 0 saturated heterocycles. The number of ketones is 3. The van der Waals surface area contributed by atoms with Gasteiger partial charge >= 0.3 is 0 Å². The first-order valence-corrected chi connectivity index (χ1v) is 12.9. The summed E-state index contributed by atoms with van der Waals surface area (Å²) in [5.74, 6) is 2.04. The van der Waals surface area contributed by atoms with Gasteiger partial charge in [-0.1, -0.05) is 54.9 Å². The highest BCUT2D eigenvalue weighted by molar-refractivity contribution is 5.81. The van der Waals surface area contributed by atoms with Crippen molar-refractivity contribution >= 4 is 23.6 Å². The maximum Gasteiger partial charge on any atom is 0.135 e. The molecule has 4 nitrogen and oxygen atoms in total. The molecule has 0 aromatic carbocycles. The molecule has 0 heterocycles. The Hall–Kier alpha value is -1.32. The molecule has 3 atom stereocenters. The lowest BCUT2D eigenvalue weighted by Crippen LogP contribution is -2.21. The third-order valence-corrected chi connectivity index (χ3v) is 7.21. The number of Topliss-reactive ketones (excluding diaryl/α,β-unsaturated/α-hetero) is 3. The number of carbonyl (C=O) groups excluding carboxylic acids is 4. The number of rotatable bonds is 20. The van der Waals surface area contributed by atoms with Crippen molar-refractivity contribution in [2.24, 2.45) is 29.1 Å². The van der Waals surface area contributed by atoms with Gasteiger partial charge in [-0.15, -0.1) is 0 Å². The first-order valence-electron chi connectivity index (χ1n) is 12.9. The Morgan fingerprint density at radius 1 is 0.875 bits per heavy atom. The summed E-state index contributed by atoms with van der Waals surface area (Å²) >= 11 is 0. The van der Waals surface area contributed by atoms with Gasteiger partial charge in [0, 0.05) is 44.4 Å². The van der Waals surface area contributed by atoms with E-state index in [-0.39, 0.29) is 22.9 Å². The molecule has 0 N–H and O–H groups in total. The lowest BCUT2D eigenvalue weighted by atomic mass is 9.79. The van der Waals surface area contributed by atoms with Crippen LogP contribution in [0.4, 0.5) is 0 Å². The lowest BCUT2D eigenvalue weighted by Gasteiger charge is -2.25. The van der Waals surface area contributed by atoms with Gasteiger partial charge < -0.3 is 4.79 Å². The number of hydrogen-bond acceptors (Lipinski definition) is 4. The van der Waals surface area contributed by atoms with Crippen molar-refractivity contribution in [3.63, 3.8) is 0 Å². The van der Waals surface area contributed by atoms with Gasteiger partial charge in [0.15, 0.2) is 0 Å². The number of carbonyl (C=O) groups is 4. The van der Waals surface area contributed by atoms with Crippen molar-refractivity contribution in [3.05, 3.63) is 0 Å². The maximum atomic E-state index is 12.5. The highest BCUT2D eigenvalue weighted by Gasteiger charge is 2.25. The van der Waals surface area contributed by atoms with Gasteiger partial charge in [0.05, 0.1) is 0 Å². The van der Waals surface area contributed by atoms with Crippen molar-refractivity contribution in [1.29, 1.82) is 0 Å². The monoisotopic (exact) mass is 450 g/mol. The van der Waals surface area contributed by atoms with Crippen LogP contribution in [0.5, 0.6) is 0 Å². The van der Waals surface area contributed by atoms with Crippen LogP contribution in [0.15, 0.2) is 0 Å². The third kappa shape index (κ3) is 14.0. The van der Waals surface area contributed by atoms with E-state index < -0.39 is 0 Å². The van der Waals surface area contributed by atoms with Crippen LogP contribution in [0.1, 0.15) is 126 Å². The zero-order valence-corrected chi connectivity index (χ0v) is 22.0. The van der Waals surface area contributed by atoms with E-state index >= 15 is 0 Å². The van der Waals surface area contributed by atoms with E-state index in [0.29, 0.717) is 62.1 Å². The molecule has 186 valence electrons. The molecule has 0 amide bonds. The second-order valence-electron chi connectivity index (χ2n) is 11.0. The van der Waals surface area contributed by atoms with E-state index in [2.05, 4.69) is 41.5 Å². The molecule has 0 saturated carbocycles. The van der Waals surface area contributed by atoms with Crippen LogP contribution in [0.3, 0.4) is 0 Å². The van der Waals surface area contributed by atoms with Crippen LogP contribution in [0, 0.1) is 29.1 Å². The summed E-state index contributed by atoms with van der Waals surface area (Å²) < 4.78 is 0. The van der Waals surface area contributed by atoms with Crippen LogP contribution in [-0.4, -0.2) is 23.6 Å². The third-order valence-electron chi connectivity index (χ3n) is 7.21. The highest BCUT2D eigenvalue weighted by Crippen LogP contribution is 2.30. The molecule has 0 rings (SSSR count). The minimum absolute atomic E-state index is 0.0218. The number of aldehydes is 1. The first-order chi connectivity index (χ1) is 14.9. The van der Waals surface area contributed by atoms with Crippen molar-refractivity contribution < 1.29 is 19.2 Å². The SMILES string of the molecule is CCC(CC=O)CCC(=O)C(CC)CCCC(=O)CCC(C)(C)CC(=O)CC(C)C(C)C. The predicted molar refractivity (Wildman–Crippen MR) is 133 cm³/mol. The zero-order chi connectivity index (χ0) is 24.7. The fourth-order valence-electron chi connectivity index (χ4n) is 4.21. The normalized spacial score (nSPS) is 14.8. The average Bonchev–Trinajstić information content (AvgIpc) is 2.71. The van der Waals surface area contributed by atoms with Gasteiger partial charge in [0.25, 0.3) is 0 Å². The summed E-state index contributed by atoms with van der Waals surface area (Å²) in [6, 6.07) is 0. The van der Waals surface area contributed by atoms with Gasteiger partial charge in [-0.2, -0.15) is 0 Å². The van der Waals surface area contributed by atoms with Gasteiger partial charge in [-0.25, -0.2) is 0 Å². The van der Waals surface area contributed by atoms with Crippen molar-refractivity contribution in [2.75, 3.05) is 0 Å². The summed E-state index contributed by atoms with van der Waals surface area (Å²) in [5, 5.41) is 0. The summed E-state index contributed by atoms with van der Waals surface area (Å²) in [6.45, 7) is 14.7.